The molecule has 1 rings (SSSR count). The zero-order valence-electron chi connectivity index (χ0n) is 10.7. The minimum absolute atomic E-state index is 0. The number of carbonyl (C=O) groups excluding carboxylic acids is 1. The van der Waals surface area contributed by atoms with Crippen molar-refractivity contribution in [3.63, 3.8) is 0 Å². The second-order valence-electron chi connectivity index (χ2n) is 4.68. The van der Waals surface area contributed by atoms with Crippen LogP contribution in [0.15, 0.2) is 6.20 Å². The number of nitrogens with one attached hydrogen (secondary N) is 2. The Morgan fingerprint density at radius 1 is 1.47 bits per heavy atom. The molecule has 0 saturated carbocycles. The first kappa shape index (κ1) is 16.4. The maximum atomic E-state index is 11.4. The van der Waals surface area contributed by atoms with Crippen LogP contribution in [0.1, 0.15) is 32.1 Å². The van der Waals surface area contributed by atoms with Gasteiger partial charge in [-0.2, -0.15) is 0 Å². The minimum atomic E-state index is 0. The van der Waals surface area contributed by atoms with Gasteiger partial charge in [0.05, 0.1) is 0 Å². The molecule has 2 N–H and O–H groups in total. The first-order chi connectivity index (χ1) is 7.43. The van der Waals surface area contributed by atoms with Gasteiger partial charge in [0.1, 0.15) is 0 Å². The van der Waals surface area contributed by atoms with Crippen molar-refractivity contribution in [2.75, 3.05) is 18.9 Å². The number of aromatic nitrogens is 1. The van der Waals surface area contributed by atoms with Gasteiger partial charge in [0.15, 0.2) is 5.13 Å². The first-order valence-electron chi connectivity index (χ1n) is 5.34. The Balaban J connectivity index is 0.00000256. The molecule has 0 fully saturated rings. The summed E-state index contributed by atoms with van der Waals surface area (Å²) in [7, 11) is 1.83. The van der Waals surface area contributed by atoms with E-state index in [1.54, 1.807) is 0 Å². The highest BCUT2D eigenvalue weighted by Crippen LogP contribution is 2.29. The van der Waals surface area contributed by atoms with E-state index in [0.717, 1.165) is 0 Å². The molecule has 1 amide bonds. The van der Waals surface area contributed by atoms with Gasteiger partial charge in [-0.1, -0.05) is 20.8 Å². The predicted octanol–water partition coefficient (Wildman–Crippen LogP) is 2.41. The summed E-state index contributed by atoms with van der Waals surface area (Å²) in [4.78, 5) is 16.8. The Labute approximate surface area is 113 Å². The number of carbonyl (C=O) groups is 1. The Morgan fingerprint density at radius 2 is 2.12 bits per heavy atom. The zero-order valence-corrected chi connectivity index (χ0v) is 12.3. The number of halogens is 1. The quantitative estimate of drug-likeness (QED) is 0.889. The molecule has 1 aromatic rings. The molecule has 1 heterocycles. The van der Waals surface area contributed by atoms with Crippen LogP contribution in [0.3, 0.4) is 0 Å². The molecule has 0 aromatic carbocycles. The van der Waals surface area contributed by atoms with E-state index in [1.165, 1.54) is 16.2 Å². The average Bonchev–Trinajstić information content (AvgIpc) is 2.62. The fourth-order valence-electron chi connectivity index (χ4n) is 1.10. The van der Waals surface area contributed by atoms with Crippen molar-refractivity contribution in [2.45, 2.75) is 32.6 Å². The highest BCUT2D eigenvalue weighted by atomic mass is 35.5. The lowest BCUT2D eigenvalue weighted by atomic mass is 9.96. The van der Waals surface area contributed by atoms with Crippen molar-refractivity contribution in [1.82, 2.24) is 10.3 Å². The summed E-state index contributed by atoms with van der Waals surface area (Å²) in [6, 6.07) is 0. The Hall–Kier alpha value is -0.650. The van der Waals surface area contributed by atoms with Crippen LogP contribution in [-0.2, 0) is 10.2 Å². The predicted molar refractivity (Wildman–Crippen MR) is 75.2 cm³/mol. The van der Waals surface area contributed by atoms with Gasteiger partial charge in [-0.3, -0.25) is 4.79 Å². The third-order valence-corrected chi connectivity index (χ3v) is 3.43. The number of hydrogen-bond donors (Lipinski definition) is 2. The molecule has 98 valence electrons. The van der Waals surface area contributed by atoms with Crippen LogP contribution in [0.5, 0.6) is 0 Å². The standard InChI is InChI=1S/C11H19N3OS.ClH/c1-11(2,3)8-7-13-10(16-8)14-9(15)5-6-12-4;/h7,12H,5-6H2,1-4H3,(H,13,14,15);1H. The maximum Gasteiger partial charge on any atom is 0.227 e. The van der Waals surface area contributed by atoms with Crippen LogP contribution in [-0.4, -0.2) is 24.5 Å². The van der Waals surface area contributed by atoms with E-state index in [4.69, 9.17) is 0 Å². The van der Waals surface area contributed by atoms with Crippen molar-refractivity contribution >= 4 is 34.8 Å². The number of anilines is 1. The molecule has 0 atom stereocenters. The summed E-state index contributed by atoms with van der Waals surface area (Å²) in [5, 5.41) is 6.42. The molecule has 4 nitrogen and oxygen atoms in total. The van der Waals surface area contributed by atoms with Gasteiger partial charge in [-0.15, -0.1) is 23.7 Å². The molecule has 0 saturated heterocycles. The Morgan fingerprint density at radius 3 is 2.59 bits per heavy atom. The lowest BCUT2D eigenvalue weighted by Gasteiger charge is -2.14. The largest absolute Gasteiger partial charge is 0.319 e. The molecule has 17 heavy (non-hydrogen) atoms. The first-order valence-corrected chi connectivity index (χ1v) is 6.16. The Kier molecular flexibility index (Phi) is 6.67. The molecular weight excluding hydrogens is 258 g/mol. The molecule has 0 bridgehead atoms. The van der Waals surface area contributed by atoms with Gasteiger partial charge < -0.3 is 10.6 Å². The van der Waals surface area contributed by atoms with E-state index in [2.05, 4.69) is 36.4 Å². The minimum Gasteiger partial charge on any atom is -0.319 e. The van der Waals surface area contributed by atoms with Crippen molar-refractivity contribution in [1.29, 1.82) is 0 Å². The van der Waals surface area contributed by atoms with Gasteiger partial charge >= 0.3 is 0 Å². The third-order valence-electron chi connectivity index (χ3n) is 2.09. The normalized spacial score (nSPS) is 10.8. The van der Waals surface area contributed by atoms with Crippen LogP contribution in [0.2, 0.25) is 0 Å². The molecule has 1 aromatic heterocycles. The van der Waals surface area contributed by atoms with Crippen molar-refractivity contribution < 1.29 is 4.79 Å². The third kappa shape index (κ3) is 5.48. The van der Waals surface area contributed by atoms with Gasteiger partial charge in [0, 0.05) is 24.0 Å². The topological polar surface area (TPSA) is 54.0 Å². The molecule has 0 radical (unpaired) electrons. The summed E-state index contributed by atoms with van der Waals surface area (Å²) in [6.07, 6.45) is 2.30. The van der Waals surface area contributed by atoms with E-state index in [-0.39, 0.29) is 23.7 Å². The molecule has 0 aliphatic heterocycles. The number of nitrogens with zero attached hydrogens (tertiary/aromatic N) is 1. The highest BCUT2D eigenvalue weighted by molar-refractivity contribution is 7.15. The number of hydrogen-bond acceptors (Lipinski definition) is 4. The van der Waals surface area contributed by atoms with Crippen molar-refractivity contribution in [2.24, 2.45) is 0 Å². The fourth-order valence-corrected chi connectivity index (χ4v) is 1.99. The molecule has 0 unspecified atom stereocenters. The lowest BCUT2D eigenvalue weighted by molar-refractivity contribution is -0.116. The van der Waals surface area contributed by atoms with Gasteiger partial charge in [0.25, 0.3) is 0 Å². The van der Waals surface area contributed by atoms with Crippen LogP contribution in [0, 0.1) is 0 Å². The average molecular weight is 278 g/mol. The van der Waals surface area contributed by atoms with Crippen molar-refractivity contribution in [3.8, 4) is 0 Å². The summed E-state index contributed by atoms with van der Waals surface area (Å²) in [6.45, 7) is 7.08. The van der Waals surface area contributed by atoms with Gasteiger partial charge in [0.2, 0.25) is 5.91 Å². The monoisotopic (exact) mass is 277 g/mol. The summed E-state index contributed by atoms with van der Waals surface area (Å²) in [5.74, 6) is 0.00385. The lowest BCUT2D eigenvalue weighted by Crippen LogP contribution is -2.18. The van der Waals surface area contributed by atoms with Gasteiger partial charge in [-0.25, -0.2) is 4.98 Å². The van der Waals surface area contributed by atoms with E-state index in [0.29, 0.717) is 18.1 Å². The van der Waals surface area contributed by atoms with Crippen LogP contribution in [0.25, 0.3) is 0 Å². The maximum absolute atomic E-state index is 11.4. The number of amides is 1. The summed E-state index contributed by atoms with van der Waals surface area (Å²) < 4.78 is 0. The van der Waals surface area contributed by atoms with Crippen LogP contribution in [0.4, 0.5) is 5.13 Å². The molecule has 0 spiro atoms. The fraction of sp³-hybridized carbons (Fsp3) is 0.636. The SMILES string of the molecule is CNCCC(=O)Nc1ncc(C(C)(C)C)s1.Cl. The Bertz CT molecular complexity index is 360. The smallest absolute Gasteiger partial charge is 0.227 e. The van der Waals surface area contributed by atoms with Gasteiger partial charge in [-0.05, 0) is 12.5 Å². The summed E-state index contributed by atoms with van der Waals surface area (Å²) >= 11 is 1.54. The number of thiazole rings is 1. The number of rotatable bonds is 4. The molecular formula is C11H20ClN3OS. The van der Waals surface area contributed by atoms with Crippen LogP contribution >= 0.6 is 23.7 Å². The second-order valence-corrected chi connectivity index (χ2v) is 5.71. The molecule has 0 aliphatic carbocycles. The molecule has 0 aliphatic rings. The van der Waals surface area contributed by atoms with E-state index >= 15 is 0 Å². The van der Waals surface area contributed by atoms with E-state index in [9.17, 15) is 4.79 Å². The van der Waals surface area contributed by atoms with E-state index in [1.807, 2.05) is 13.2 Å². The second kappa shape index (κ2) is 6.93. The van der Waals surface area contributed by atoms with Crippen LogP contribution < -0.4 is 10.6 Å². The summed E-state index contributed by atoms with van der Waals surface area (Å²) in [5.41, 5.74) is 0.0889. The highest BCUT2D eigenvalue weighted by Gasteiger charge is 2.17. The molecule has 6 heteroatoms. The van der Waals surface area contributed by atoms with E-state index < -0.39 is 0 Å². The van der Waals surface area contributed by atoms with Crippen molar-refractivity contribution in [3.05, 3.63) is 11.1 Å². The zero-order chi connectivity index (χ0) is 12.2.